The summed E-state index contributed by atoms with van der Waals surface area (Å²) in [6.07, 6.45) is 0.486. The van der Waals surface area contributed by atoms with Gasteiger partial charge < -0.3 is 74.8 Å². The first-order chi connectivity index (χ1) is 32.6. The van der Waals surface area contributed by atoms with Crippen LogP contribution in [-0.4, -0.2) is 148 Å². The molecule has 0 spiro atoms. The Morgan fingerprint density at radius 2 is 1.12 bits per heavy atom. The molecule has 7 amide bonds. The summed E-state index contributed by atoms with van der Waals surface area (Å²) in [6.45, 7) is 5.76. The molecular weight excluding hydrogens is 919 g/mol. The molecule has 0 aliphatic heterocycles. The summed E-state index contributed by atoms with van der Waals surface area (Å²) >= 11 is 1.29. The molecule has 0 saturated carbocycles. The third kappa shape index (κ3) is 23.3. The molecule has 6 atom stereocenters. The molecule has 17 N–H and O–H groups in total. The second kappa shape index (κ2) is 30.7. The van der Waals surface area contributed by atoms with Gasteiger partial charge in [0.15, 0.2) is 5.96 Å². The summed E-state index contributed by atoms with van der Waals surface area (Å²) in [5.74, 6) is -6.98. The van der Waals surface area contributed by atoms with Crippen LogP contribution in [0.25, 0.3) is 0 Å². The first kappa shape index (κ1) is 58.5. The van der Waals surface area contributed by atoms with Crippen LogP contribution in [0.3, 0.4) is 0 Å². The summed E-state index contributed by atoms with van der Waals surface area (Å²) in [5.41, 5.74) is 17.6. The number of aliphatic hydroxyl groups is 1. The van der Waals surface area contributed by atoms with Gasteiger partial charge in [0.1, 0.15) is 41.7 Å². The summed E-state index contributed by atoms with van der Waals surface area (Å²) < 4.78 is 0. The number of carbonyl (C=O) groups is 8. The van der Waals surface area contributed by atoms with Crippen LogP contribution < -0.4 is 54.4 Å². The number of benzene rings is 2. The van der Waals surface area contributed by atoms with E-state index in [0.29, 0.717) is 23.3 Å². The fourth-order valence-corrected chi connectivity index (χ4v) is 7.27. The quantitative estimate of drug-likeness (QED) is 0.0217. The number of hydrogen-bond donors (Lipinski definition) is 14. The highest BCUT2D eigenvalue weighted by Gasteiger charge is 2.33. The van der Waals surface area contributed by atoms with Gasteiger partial charge in [-0.15, -0.1) is 0 Å². The van der Waals surface area contributed by atoms with Crippen LogP contribution in [0.1, 0.15) is 64.5 Å². The monoisotopic (exact) mass is 987 g/mol. The SMILES string of the molecule is CC(C)C[C@H](NC(=O)CNC(=O)[C@H](CCSCCO)NC(=O)[C@H](Cc1ccc(O)cc1)NC(=O)[C@@H](NC(=O)[C@H](Cc1ccc(O)cc1)NC(=O)CNC(=O)[C@@H](N)CCCN=C(N)N)C(C)C)C(=O)O. The standard InChI is InChI=1S/C45H69N11O12S/c1-25(2)20-35(44(67)68)53-37(61)24-51-40(63)32(15-18-69-19-17-57)54-41(64)34(22-28-9-13-30(59)14-10-28)55-43(66)38(26(3)4)56-42(65)33(21-27-7-11-29(58)12-8-27)52-36(60)23-50-39(62)31(46)6-5-16-49-45(47)48/h7-14,25-26,31-35,38,57-59H,5-6,15-24,46H2,1-4H3,(H,50,62)(H,51,63)(H,52,60)(H,53,61)(H,54,64)(H,55,66)(H,56,65)(H,67,68)(H4,47,48,49)/t31-,32-,33-,34-,35-,38-/m0/s1. The predicted molar refractivity (Wildman–Crippen MR) is 258 cm³/mol. The number of hydrogen-bond acceptors (Lipinski definition) is 14. The smallest absolute Gasteiger partial charge is 0.326 e. The third-order valence-electron chi connectivity index (χ3n) is 10.2. The number of phenols is 2. The van der Waals surface area contributed by atoms with Crippen molar-refractivity contribution in [3.05, 3.63) is 59.7 Å². The van der Waals surface area contributed by atoms with E-state index in [2.05, 4.69) is 42.2 Å². The lowest BCUT2D eigenvalue weighted by atomic mass is 9.99. The van der Waals surface area contributed by atoms with Gasteiger partial charge in [-0.1, -0.05) is 52.0 Å². The van der Waals surface area contributed by atoms with Crippen LogP contribution in [0.5, 0.6) is 11.5 Å². The summed E-state index contributed by atoms with van der Waals surface area (Å²) in [7, 11) is 0. The summed E-state index contributed by atoms with van der Waals surface area (Å²) in [6, 6.07) is 4.10. The molecule has 0 aliphatic carbocycles. The molecule has 0 unspecified atom stereocenters. The zero-order chi connectivity index (χ0) is 51.6. The molecule has 0 heterocycles. The number of thioether (sulfide) groups is 1. The van der Waals surface area contributed by atoms with E-state index >= 15 is 0 Å². The van der Waals surface area contributed by atoms with Gasteiger partial charge in [-0.05, 0) is 78.7 Å². The molecule has 0 aromatic heterocycles. The Kier molecular flexibility index (Phi) is 26.0. The number of aromatic hydroxyl groups is 2. The number of guanidine groups is 1. The summed E-state index contributed by atoms with van der Waals surface area (Å²) in [5, 5.41) is 56.4. The molecule has 2 rings (SSSR count). The van der Waals surface area contributed by atoms with E-state index < -0.39 is 103 Å². The average Bonchev–Trinajstić information content (AvgIpc) is 3.28. The highest BCUT2D eigenvalue weighted by atomic mass is 32.2. The number of carboxylic acid groups (broad SMARTS) is 1. The molecular formula is C45H69N11O12S. The Morgan fingerprint density at radius 1 is 0.623 bits per heavy atom. The van der Waals surface area contributed by atoms with E-state index in [1.165, 1.54) is 60.3 Å². The maximum atomic E-state index is 14.2. The number of rotatable bonds is 31. The number of nitrogens with zero attached hydrogens (tertiary/aromatic N) is 1. The van der Waals surface area contributed by atoms with Crippen LogP contribution in [0.4, 0.5) is 0 Å². The number of carboxylic acids is 1. The van der Waals surface area contributed by atoms with Crippen molar-refractivity contribution < 1.29 is 58.8 Å². The van der Waals surface area contributed by atoms with Crippen molar-refractivity contribution in [2.24, 2.45) is 34.0 Å². The number of aliphatic imine (C=N–C) groups is 1. The van der Waals surface area contributed by atoms with E-state index in [9.17, 15) is 58.8 Å². The first-order valence-electron chi connectivity index (χ1n) is 22.4. The Hall–Kier alpha value is -6.66. The highest BCUT2D eigenvalue weighted by molar-refractivity contribution is 7.99. The van der Waals surface area contributed by atoms with Gasteiger partial charge in [-0.25, -0.2) is 4.79 Å². The lowest BCUT2D eigenvalue weighted by Crippen LogP contribution is -2.60. The van der Waals surface area contributed by atoms with Crippen molar-refractivity contribution in [1.82, 2.24) is 37.2 Å². The molecule has 0 radical (unpaired) electrons. The molecule has 24 heteroatoms. The van der Waals surface area contributed by atoms with Crippen molar-refractivity contribution in [3.8, 4) is 11.5 Å². The highest BCUT2D eigenvalue weighted by Crippen LogP contribution is 2.15. The number of aliphatic carboxylic acids is 1. The minimum absolute atomic E-state index is 0.0187. The number of nitrogens with one attached hydrogen (secondary N) is 7. The van der Waals surface area contributed by atoms with Crippen LogP contribution in [0.2, 0.25) is 0 Å². The van der Waals surface area contributed by atoms with Crippen LogP contribution >= 0.6 is 11.8 Å². The van der Waals surface area contributed by atoms with Crippen molar-refractivity contribution in [2.75, 3.05) is 37.7 Å². The molecule has 382 valence electrons. The zero-order valence-electron chi connectivity index (χ0n) is 39.4. The molecule has 0 aliphatic rings. The Balaban J connectivity index is 2.34. The van der Waals surface area contributed by atoms with Crippen molar-refractivity contribution in [1.29, 1.82) is 0 Å². The van der Waals surface area contributed by atoms with Crippen molar-refractivity contribution in [2.45, 2.75) is 102 Å². The largest absolute Gasteiger partial charge is 0.508 e. The maximum Gasteiger partial charge on any atom is 0.326 e. The van der Waals surface area contributed by atoms with E-state index in [1.807, 2.05) is 0 Å². The van der Waals surface area contributed by atoms with E-state index in [1.54, 1.807) is 27.7 Å². The second-order valence-corrected chi connectivity index (χ2v) is 18.1. The molecule has 0 saturated heterocycles. The van der Waals surface area contributed by atoms with Gasteiger partial charge in [-0.3, -0.25) is 38.6 Å². The number of nitrogens with two attached hydrogens (primary N) is 3. The molecule has 23 nitrogen and oxygen atoms in total. The minimum Gasteiger partial charge on any atom is -0.508 e. The lowest BCUT2D eigenvalue weighted by molar-refractivity contribution is -0.142. The van der Waals surface area contributed by atoms with Crippen LogP contribution in [0.15, 0.2) is 53.5 Å². The Morgan fingerprint density at radius 3 is 1.61 bits per heavy atom. The minimum atomic E-state index is -1.40. The van der Waals surface area contributed by atoms with Gasteiger partial charge in [-0.2, -0.15) is 11.8 Å². The fourth-order valence-electron chi connectivity index (χ4n) is 6.54. The van der Waals surface area contributed by atoms with E-state index in [0.717, 1.165) is 0 Å². The molecule has 2 aromatic rings. The Bertz CT molecular complexity index is 2040. The Labute approximate surface area is 405 Å². The fraction of sp³-hybridized carbons (Fsp3) is 0.533. The third-order valence-corrected chi connectivity index (χ3v) is 11.2. The van der Waals surface area contributed by atoms with E-state index in [4.69, 9.17) is 17.2 Å². The van der Waals surface area contributed by atoms with Crippen LogP contribution in [-0.2, 0) is 51.2 Å². The summed E-state index contributed by atoms with van der Waals surface area (Å²) in [4.78, 5) is 110. The second-order valence-electron chi connectivity index (χ2n) is 16.9. The van der Waals surface area contributed by atoms with Gasteiger partial charge in [0.2, 0.25) is 41.4 Å². The number of carbonyl (C=O) groups excluding carboxylic acids is 7. The molecule has 0 fully saturated rings. The average molecular weight is 988 g/mol. The first-order valence-corrected chi connectivity index (χ1v) is 23.6. The number of aliphatic hydroxyl groups excluding tert-OH is 1. The maximum absolute atomic E-state index is 14.2. The molecule has 2 aromatic carbocycles. The number of amides is 7. The normalized spacial score (nSPS) is 13.6. The number of phenolic OH excluding ortho intramolecular Hbond substituents is 2. The lowest BCUT2D eigenvalue weighted by Gasteiger charge is -2.28. The zero-order valence-corrected chi connectivity index (χ0v) is 40.2. The van der Waals surface area contributed by atoms with Gasteiger partial charge in [0.25, 0.3) is 0 Å². The van der Waals surface area contributed by atoms with Gasteiger partial charge >= 0.3 is 5.97 Å². The topological polar surface area (TPSA) is 392 Å². The van der Waals surface area contributed by atoms with Crippen LogP contribution in [0, 0.1) is 11.8 Å². The van der Waals surface area contributed by atoms with Crippen molar-refractivity contribution in [3.63, 3.8) is 0 Å². The molecule has 0 bridgehead atoms. The van der Waals surface area contributed by atoms with Gasteiger partial charge in [0.05, 0.1) is 25.7 Å². The molecule has 69 heavy (non-hydrogen) atoms. The van der Waals surface area contributed by atoms with Gasteiger partial charge in [0, 0.05) is 25.1 Å². The van der Waals surface area contributed by atoms with E-state index in [-0.39, 0.29) is 74.4 Å². The predicted octanol–water partition coefficient (Wildman–Crippen LogP) is -2.18. The van der Waals surface area contributed by atoms with Crippen molar-refractivity contribution >= 4 is 65.0 Å².